The number of nitrogens with one attached hydrogen (secondary N) is 1. The summed E-state index contributed by atoms with van der Waals surface area (Å²) in [4.78, 5) is 12.0. The maximum atomic E-state index is 13.7. The molecule has 0 spiro atoms. The minimum Gasteiger partial charge on any atom is -0.457 e. The second kappa shape index (κ2) is 8.05. The quantitative estimate of drug-likeness (QED) is 0.390. The Morgan fingerprint density at radius 1 is 0.833 bits per heavy atom. The zero-order chi connectivity index (χ0) is 22.1. The molecule has 0 radical (unpaired) electrons. The Morgan fingerprint density at radius 2 is 1.47 bits per heavy atom. The van der Waals surface area contributed by atoms with Crippen LogP contribution in [0.4, 0.5) is 36.4 Å². The molecule has 10 heteroatoms. The first-order valence-corrected chi connectivity index (χ1v) is 8.16. The van der Waals surface area contributed by atoms with Crippen LogP contribution in [0.15, 0.2) is 54.6 Å². The maximum absolute atomic E-state index is 13.7. The van der Waals surface area contributed by atoms with Gasteiger partial charge in [0.2, 0.25) is 0 Å². The van der Waals surface area contributed by atoms with E-state index in [-0.39, 0.29) is 17.5 Å². The third kappa shape index (κ3) is 4.53. The summed E-state index contributed by atoms with van der Waals surface area (Å²) in [7, 11) is 0. The highest BCUT2D eigenvalue weighted by molar-refractivity contribution is 6.04. The van der Waals surface area contributed by atoms with Crippen LogP contribution in [0.1, 0.15) is 15.9 Å². The first-order chi connectivity index (χ1) is 14.1. The van der Waals surface area contributed by atoms with Gasteiger partial charge in [-0.2, -0.15) is 13.2 Å². The van der Waals surface area contributed by atoms with Gasteiger partial charge in [-0.1, -0.05) is 0 Å². The van der Waals surface area contributed by atoms with Crippen molar-refractivity contribution in [3.63, 3.8) is 0 Å². The number of ether oxygens (including phenoxy) is 1. The summed E-state index contributed by atoms with van der Waals surface area (Å²) in [6.45, 7) is 0. The molecule has 0 saturated heterocycles. The number of benzene rings is 3. The van der Waals surface area contributed by atoms with Crippen LogP contribution in [0.2, 0.25) is 0 Å². The molecule has 156 valence electrons. The van der Waals surface area contributed by atoms with Gasteiger partial charge >= 0.3 is 6.18 Å². The molecule has 0 fully saturated rings. The zero-order valence-corrected chi connectivity index (χ0v) is 14.7. The number of hydrogen-bond donors (Lipinski definition) is 1. The molecule has 0 aliphatic rings. The normalized spacial score (nSPS) is 11.3. The van der Waals surface area contributed by atoms with E-state index in [0.717, 1.165) is 24.3 Å². The van der Waals surface area contributed by atoms with Crippen molar-refractivity contribution in [1.29, 1.82) is 0 Å². The first kappa shape index (κ1) is 21.2. The summed E-state index contributed by atoms with van der Waals surface area (Å²) in [6, 6.07) is 7.69. The average Bonchev–Trinajstić information content (AvgIpc) is 2.67. The molecule has 0 aliphatic carbocycles. The summed E-state index contributed by atoms with van der Waals surface area (Å²) in [6.07, 6.45) is -4.86. The Balaban J connectivity index is 1.79. The van der Waals surface area contributed by atoms with Gasteiger partial charge in [-0.05, 0) is 54.6 Å². The van der Waals surface area contributed by atoms with Crippen LogP contribution in [0, 0.1) is 23.3 Å². The van der Waals surface area contributed by atoms with Crippen LogP contribution in [-0.2, 0) is 6.18 Å². The molecule has 3 nitrogen and oxygen atoms in total. The van der Waals surface area contributed by atoms with E-state index >= 15 is 0 Å². The van der Waals surface area contributed by atoms with E-state index in [0.29, 0.717) is 12.1 Å². The molecule has 3 rings (SSSR count). The molecule has 3 aromatic carbocycles. The van der Waals surface area contributed by atoms with Gasteiger partial charge in [0.05, 0.1) is 0 Å². The van der Waals surface area contributed by atoms with Crippen LogP contribution in [0.3, 0.4) is 0 Å². The summed E-state index contributed by atoms with van der Waals surface area (Å²) in [5, 5.41) is 2.13. The first-order valence-electron chi connectivity index (χ1n) is 8.16. The summed E-state index contributed by atoms with van der Waals surface area (Å²) in [5.41, 5.74) is -2.45. The SMILES string of the molecule is O=C(Nc1ccc(Oc2ccc(F)cc2C(F)(F)F)cc1)c1c(F)ccc(F)c1F. The van der Waals surface area contributed by atoms with E-state index in [1.807, 2.05) is 0 Å². The summed E-state index contributed by atoms with van der Waals surface area (Å²) in [5.74, 6) is -7.45. The highest BCUT2D eigenvalue weighted by Crippen LogP contribution is 2.38. The second-order valence-electron chi connectivity index (χ2n) is 5.94. The number of hydrogen-bond acceptors (Lipinski definition) is 2. The largest absolute Gasteiger partial charge is 0.457 e. The molecular formula is C20H10F7NO2. The molecule has 30 heavy (non-hydrogen) atoms. The van der Waals surface area contributed by atoms with Gasteiger partial charge in [0.15, 0.2) is 11.6 Å². The predicted molar refractivity (Wildman–Crippen MR) is 92.2 cm³/mol. The number of anilines is 1. The number of alkyl halides is 3. The highest BCUT2D eigenvalue weighted by atomic mass is 19.4. The van der Waals surface area contributed by atoms with Crippen molar-refractivity contribution in [2.24, 2.45) is 0 Å². The predicted octanol–water partition coefficient (Wildman–Crippen LogP) is 6.31. The molecule has 0 bridgehead atoms. The van der Waals surface area contributed by atoms with Crippen molar-refractivity contribution in [3.8, 4) is 11.5 Å². The van der Waals surface area contributed by atoms with Crippen molar-refractivity contribution >= 4 is 11.6 Å². The van der Waals surface area contributed by atoms with Crippen LogP contribution < -0.4 is 10.1 Å². The third-order valence-corrected chi connectivity index (χ3v) is 3.86. The van der Waals surface area contributed by atoms with Gasteiger partial charge in [0, 0.05) is 5.69 Å². The van der Waals surface area contributed by atoms with Crippen molar-refractivity contribution in [3.05, 3.63) is 89.0 Å². The molecule has 0 aromatic heterocycles. The Labute approximate surface area is 164 Å². The van der Waals surface area contributed by atoms with E-state index in [1.165, 1.54) is 12.1 Å². The average molecular weight is 429 g/mol. The molecule has 0 unspecified atom stereocenters. The Kier molecular flexibility index (Phi) is 5.68. The van der Waals surface area contributed by atoms with Gasteiger partial charge in [-0.15, -0.1) is 0 Å². The molecule has 1 amide bonds. The van der Waals surface area contributed by atoms with Gasteiger partial charge in [0.25, 0.3) is 5.91 Å². The van der Waals surface area contributed by atoms with Crippen LogP contribution in [-0.4, -0.2) is 5.91 Å². The van der Waals surface area contributed by atoms with Gasteiger partial charge in [-0.3, -0.25) is 4.79 Å². The number of halogens is 7. The van der Waals surface area contributed by atoms with E-state index in [4.69, 9.17) is 4.74 Å². The minimum atomic E-state index is -4.86. The molecule has 3 aromatic rings. The number of amides is 1. The lowest BCUT2D eigenvalue weighted by Crippen LogP contribution is -2.16. The summed E-state index contributed by atoms with van der Waals surface area (Å²) < 4.78 is 97.8. The Morgan fingerprint density at radius 3 is 2.10 bits per heavy atom. The van der Waals surface area contributed by atoms with Crippen molar-refractivity contribution in [2.45, 2.75) is 6.18 Å². The molecule has 0 saturated carbocycles. The lowest BCUT2D eigenvalue weighted by molar-refractivity contribution is -0.138. The topological polar surface area (TPSA) is 38.3 Å². The number of rotatable bonds is 4. The fraction of sp³-hybridized carbons (Fsp3) is 0.0500. The standard InChI is InChI=1S/C20H10F7NO2/c21-10-1-8-16(13(9-10)20(25,26)27)30-12-4-2-11(3-5-12)28-19(29)17-14(22)6-7-15(23)18(17)24/h1-9H,(H,28,29). The van der Waals surface area contributed by atoms with Crippen LogP contribution in [0.5, 0.6) is 11.5 Å². The van der Waals surface area contributed by atoms with E-state index < -0.39 is 52.2 Å². The Hall–Kier alpha value is -3.56. The van der Waals surface area contributed by atoms with E-state index in [2.05, 4.69) is 5.32 Å². The molecular weight excluding hydrogens is 419 g/mol. The van der Waals surface area contributed by atoms with Crippen LogP contribution in [0.25, 0.3) is 0 Å². The highest BCUT2D eigenvalue weighted by Gasteiger charge is 2.35. The van der Waals surface area contributed by atoms with Crippen molar-refractivity contribution in [1.82, 2.24) is 0 Å². The maximum Gasteiger partial charge on any atom is 0.420 e. The number of carbonyl (C=O) groups excluding carboxylic acids is 1. The molecule has 0 aliphatic heterocycles. The Bertz CT molecular complexity index is 1100. The fourth-order valence-electron chi connectivity index (χ4n) is 2.47. The smallest absolute Gasteiger partial charge is 0.420 e. The van der Waals surface area contributed by atoms with E-state index in [9.17, 15) is 35.5 Å². The molecule has 0 heterocycles. The van der Waals surface area contributed by atoms with Crippen molar-refractivity contribution in [2.75, 3.05) is 5.32 Å². The lowest BCUT2D eigenvalue weighted by Gasteiger charge is -2.14. The van der Waals surface area contributed by atoms with Gasteiger partial charge in [0.1, 0.15) is 34.3 Å². The fourth-order valence-corrected chi connectivity index (χ4v) is 2.47. The molecule has 1 N–H and O–H groups in total. The lowest BCUT2D eigenvalue weighted by atomic mass is 10.1. The second-order valence-corrected chi connectivity index (χ2v) is 5.94. The van der Waals surface area contributed by atoms with Crippen molar-refractivity contribution < 1.29 is 40.3 Å². The summed E-state index contributed by atoms with van der Waals surface area (Å²) >= 11 is 0. The zero-order valence-electron chi connectivity index (χ0n) is 14.7. The van der Waals surface area contributed by atoms with Gasteiger partial charge in [-0.25, -0.2) is 17.6 Å². The number of carbonyl (C=O) groups is 1. The monoisotopic (exact) mass is 429 g/mol. The molecule has 0 atom stereocenters. The van der Waals surface area contributed by atoms with E-state index in [1.54, 1.807) is 0 Å². The van der Waals surface area contributed by atoms with Crippen LogP contribution >= 0.6 is 0 Å². The van der Waals surface area contributed by atoms with Gasteiger partial charge < -0.3 is 10.1 Å². The minimum absolute atomic E-state index is 0.00515. The third-order valence-electron chi connectivity index (χ3n) is 3.86.